The van der Waals surface area contributed by atoms with Gasteiger partial charge < -0.3 is 10.6 Å². The fraction of sp³-hybridized carbons (Fsp3) is 0.0833. The van der Waals surface area contributed by atoms with Gasteiger partial charge in [0, 0.05) is 29.3 Å². The highest BCUT2D eigenvalue weighted by Gasteiger charge is 2.13. The maximum atomic E-state index is 12.7. The first kappa shape index (κ1) is 24.3. The minimum absolute atomic E-state index is 0.0220. The minimum atomic E-state index is -3.76. The molecular formula is C24H22N6O3S2. The first-order valence-corrected chi connectivity index (χ1v) is 13.1. The van der Waals surface area contributed by atoms with Gasteiger partial charge >= 0.3 is 0 Å². The second-order valence-electron chi connectivity index (χ2n) is 7.28. The predicted molar refractivity (Wildman–Crippen MR) is 137 cm³/mol. The quantitative estimate of drug-likeness (QED) is 0.301. The van der Waals surface area contributed by atoms with Crippen molar-refractivity contribution in [2.24, 2.45) is 5.14 Å². The lowest BCUT2D eigenvalue weighted by Gasteiger charge is -2.10. The number of aromatic nitrogens is 3. The van der Waals surface area contributed by atoms with Crippen LogP contribution in [0.4, 0.5) is 17.3 Å². The average Bonchev–Trinajstić information content (AvgIpc) is 2.85. The Hall–Kier alpha value is -3.80. The van der Waals surface area contributed by atoms with Crippen molar-refractivity contribution < 1.29 is 13.2 Å². The summed E-state index contributed by atoms with van der Waals surface area (Å²) in [5, 5.41) is 11.8. The normalized spacial score (nSPS) is 11.1. The molecule has 0 saturated heterocycles. The summed E-state index contributed by atoms with van der Waals surface area (Å²) in [6, 6.07) is 18.6. The van der Waals surface area contributed by atoms with Crippen molar-refractivity contribution in [2.75, 3.05) is 16.4 Å². The maximum Gasteiger partial charge on any atom is 0.258 e. The van der Waals surface area contributed by atoms with Gasteiger partial charge in [0.2, 0.25) is 16.0 Å². The number of rotatable bonds is 8. The number of nitrogens with two attached hydrogens (primary N) is 1. The highest BCUT2D eigenvalue weighted by Crippen LogP contribution is 2.24. The lowest BCUT2D eigenvalue weighted by Crippen LogP contribution is -2.13. The number of hydrogen-bond acceptors (Lipinski definition) is 8. The van der Waals surface area contributed by atoms with Crippen LogP contribution in [0.2, 0.25) is 0 Å². The van der Waals surface area contributed by atoms with Crippen molar-refractivity contribution in [1.29, 1.82) is 0 Å². The highest BCUT2D eigenvalue weighted by molar-refractivity contribution is 7.99. The smallest absolute Gasteiger partial charge is 0.258 e. The van der Waals surface area contributed by atoms with Crippen molar-refractivity contribution in [1.82, 2.24) is 15.0 Å². The van der Waals surface area contributed by atoms with E-state index in [1.807, 2.05) is 19.1 Å². The first-order valence-electron chi connectivity index (χ1n) is 10.6. The number of anilines is 3. The van der Waals surface area contributed by atoms with Gasteiger partial charge in [0.25, 0.3) is 5.91 Å². The van der Waals surface area contributed by atoms with E-state index in [9.17, 15) is 13.2 Å². The number of thioether (sulfide) groups is 1. The molecule has 35 heavy (non-hydrogen) atoms. The monoisotopic (exact) mass is 506 g/mol. The van der Waals surface area contributed by atoms with Crippen LogP contribution < -0.4 is 15.8 Å². The molecule has 2 aromatic carbocycles. The summed E-state index contributed by atoms with van der Waals surface area (Å²) in [6.07, 6.45) is 3.29. The summed E-state index contributed by atoms with van der Waals surface area (Å²) in [4.78, 5) is 25.8. The second-order valence-corrected chi connectivity index (χ2v) is 10.1. The van der Waals surface area contributed by atoms with Gasteiger partial charge in [0.1, 0.15) is 5.03 Å². The van der Waals surface area contributed by atoms with Crippen LogP contribution in [0.5, 0.6) is 0 Å². The number of nitrogens with zero attached hydrogens (tertiary/aromatic N) is 3. The fourth-order valence-corrected chi connectivity index (χ4v) is 4.42. The van der Waals surface area contributed by atoms with Crippen molar-refractivity contribution in [3.05, 3.63) is 84.7 Å². The predicted octanol–water partition coefficient (Wildman–Crippen LogP) is 4.29. The van der Waals surface area contributed by atoms with Gasteiger partial charge in [-0.2, -0.15) is 0 Å². The summed E-state index contributed by atoms with van der Waals surface area (Å²) in [6.45, 7) is 2.01. The third-order valence-electron chi connectivity index (χ3n) is 4.83. The number of carbonyl (C=O) groups excluding carboxylic acids is 1. The van der Waals surface area contributed by atoms with Gasteiger partial charge in [0.05, 0.1) is 16.2 Å². The van der Waals surface area contributed by atoms with E-state index in [4.69, 9.17) is 5.14 Å². The van der Waals surface area contributed by atoms with Gasteiger partial charge in [-0.1, -0.05) is 19.1 Å². The zero-order valence-corrected chi connectivity index (χ0v) is 20.3. The van der Waals surface area contributed by atoms with Crippen LogP contribution in [0.3, 0.4) is 0 Å². The number of nitrogens with one attached hydrogen (secondary N) is 2. The molecule has 4 aromatic rings. The molecule has 9 nitrogen and oxygen atoms in total. The number of hydrogen-bond donors (Lipinski definition) is 3. The Kier molecular flexibility index (Phi) is 7.39. The van der Waals surface area contributed by atoms with Crippen molar-refractivity contribution in [3.8, 4) is 11.3 Å². The molecule has 0 radical (unpaired) electrons. The molecule has 11 heteroatoms. The summed E-state index contributed by atoms with van der Waals surface area (Å²) in [7, 11) is -3.76. The van der Waals surface area contributed by atoms with Crippen LogP contribution in [-0.2, 0) is 10.0 Å². The lowest BCUT2D eigenvalue weighted by molar-refractivity contribution is 0.102. The number of pyridine rings is 1. The molecule has 178 valence electrons. The van der Waals surface area contributed by atoms with Crippen LogP contribution in [0, 0.1) is 0 Å². The molecule has 2 aromatic heterocycles. The van der Waals surface area contributed by atoms with Crippen molar-refractivity contribution >= 4 is 45.0 Å². The molecule has 0 aliphatic carbocycles. The minimum Gasteiger partial charge on any atom is -0.324 e. The van der Waals surface area contributed by atoms with E-state index in [0.29, 0.717) is 33.6 Å². The van der Waals surface area contributed by atoms with Crippen LogP contribution in [0.15, 0.2) is 89.0 Å². The summed E-state index contributed by atoms with van der Waals surface area (Å²) >= 11 is 1.52. The molecule has 0 aliphatic rings. The molecule has 0 unspecified atom stereocenters. The Bertz CT molecular complexity index is 1440. The molecule has 4 N–H and O–H groups in total. The third kappa shape index (κ3) is 6.21. The number of primary sulfonamides is 1. The fourth-order valence-electron chi connectivity index (χ4n) is 3.17. The first-order chi connectivity index (χ1) is 16.8. The summed E-state index contributed by atoms with van der Waals surface area (Å²) < 4.78 is 22.8. The maximum absolute atomic E-state index is 12.7. The largest absolute Gasteiger partial charge is 0.324 e. The van der Waals surface area contributed by atoms with E-state index >= 15 is 0 Å². The number of benzene rings is 2. The van der Waals surface area contributed by atoms with Crippen LogP contribution in [-0.4, -0.2) is 35.0 Å². The number of carbonyl (C=O) groups is 1. The molecule has 0 bridgehead atoms. The third-order valence-corrected chi connectivity index (χ3v) is 6.65. The lowest BCUT2D eigenvalue weighted by atomic mass is 10.1. The van der Waals surface area contributed by atoms with E-state index < -0.39 is 10.0 Å². The average molecular weight is 507 g/mol. The van der Waals surface area contributed by atoms with Crippen LogP contribution >= 0.6 is 11.8 Å². The molecule has 0 spiro atoms. The molecule has 4 rings (SSSR count). The zero-order chi connectivity index (χ0) is 24.8. The highest BCUT2D eigenvalue weighted by atomic mass is 32.2. The molecule has 1 amide bonds. The molecular weight excluding hydrogens is 484 g/mol. The number of amides is 1. The van der Waals surface area contributed by atoms with Crippen molar-refractivity contribution in [3.63, 3.8) is 0 Å². The Morgan fingerprint density at radius 3 is 2.34 bits per heavy atom. The van der Waals surface area contributed by atoms with E-state index in [1.54, 1.807) is 54.9 Å². The summed E-state index contributed by atoms with van der Waals surface area (Å²) in [5.41, 5.74) is 3.31. The molecule has 0 atom stereocenters. The molecule has 0 aliphatic heterocycles. The molecule has 0 fully saturated rings. The van der Waals surface area contributed by atoms with E-state index in [1.165, 1.54) is 23.9 Å². The van der Waals surface area contributed by atoms with Gasteiger partial charge in [-0.15, -0.1) is 11.8 Å². The van der Waals surface area contributed by atoms with Gasteiger partial charge in [-0.3, -0.25) is 4.79 Å². The second kappa shape index (κ2) is 10.6. The summed E-state index contributed by atoms with van der Waals surface area (Å²) in [5.74, 6) is 0.951. The zero-order valence-electron chi connectivity index (χ0n) is 18.7. The Balaban J connectivity index is 1.46. The van der Waals surface area contributed by atoms with E-state index in [2.05, 4.69) is 25.6 Å². The van der Waals surface area contributed by atoms with Crippen LogP contribution in [0.1, 0.15) is 17.3 Å². The van der Waals surface area contributed by atoms with Crippen molar-refractivity contribution in [2.45, 2.75) is 16.8 Å². The van der Waals surface area contributed by atoms with E-state index in [0.717, 1.165) is 11.3 Å². The van der Waals surface area contributed by atoms with Crippen LogP contribution in [0.25, 0.3) is 11.3 Å². The Morgan fingerprint density at radius 1 is 0.943 bits per heavy atom. The Labute approximate surface area is 207 Å². The molecule has 2 heterocycles. The SMILES string of the molecule is CCSc1ncccc1C(=O)Nc1ccc(-c2ccnc(Nc3ccc(S(N)(=O)=O)cc3)n2)cc1. The molecule has 0 saturated carbocycles. The van der Waals surface area contributed by atoms with Gasteiger partial charge in [-0.05, 0) is 60.4 Å². The number of sulfonamides is 1. The topological polar surface area (TPSA) is 140 Å². The standard InChI is InChI=1S/C24H22N6O3S2/c1-2-34-23-20(4-3-14-26-23)22(31)28-17-7-5-16(6-8-17)21-13-15-27-24(30-21)29-18-9-11-19(12-10-18)35(25,32)33/h3-15H,2H2,1H3,(H,28,31)(H2,25,32,33)(H,27,29,30). The van der Waals surface area contributed by atoms with E-state index in [-0.39, 0.29) is 10.8 Å². The van der Waals surface area contributed by atoms with Gasteiger partial charge in [-0.25, -0.2) is 28.5 Å². The Morgan fingerprint density at radius 2 is 1.66 bits per heavy atom. The van der Waals surface area contributed by atoms with Gasteiger partial charge in [0.15, 0.2) is 0 Å².